The van der Waals surface area contributed by atoms with Crippen molar-refractivity contribution in [3.8, 4) is 0 Å². The van der Waals surface area contributed by atoms with Crippen LogP contribution in [-0.4, -0.2) is 24.6 Å². The topological polar surface area (TPSA) is 68.0 Å². The van der Waals surface area contributed by atoms with Crippen molar-refractivity contribution >= 4 is 33.0 Å². The highest BCUT2D eigenvalue weighted by Crippen LogP contribution is 2.40. The first kappa shape index (κ1) is 15.7. The van der Waals surface area contributed by atoms with E-state index in [0.717, 1.165) is 40.9 Å². The molecule has 0 radical (unpaired) electrons. The zero-order valence-corrected chi connectivity index (χ0v) is 15.6. The third-order valence-electron chi connectivity index (χ3n) is 5.17. The molecular formula is C19H20N6S. The summed E-state index contributed by atoms with van der Waals surface area (Å²) in [5, 5.41) is 13.4. The first-order valence-corrected chi connectivity index (χ1v) is 9.84. The lowest BCUT2D eigenvalue weighted by Crippen LogP contribution is -2.13. The number of aromatic nitrogens is 5. The standard InChI is InChI=1S/C19H20N6S/c1-11-6-7-13-14(9-11)26-19-16(13)17(20-10-21-19)22-12(2)18-24-23-15-5-3-4-8-25(15)18/h3-5,8,10-12H,6-7,9H2,1-2H3,(H,20,21,22). The van der Waals surface area contributed by atoms with Crippen LogP contribution in [0.4, 0.5) is 5.82 Å². The Bertz CT molecular complexity index is 1100. The summed E-state index contributed by atoms with van der Waals surface area (Å²) in [4.78, 5) is 11.6. The fourth-order valence-corrected chi connectivity index (χ4v) is 5.16. The van der Waals surface area contributed by atoms with Gasteiger partial charge in [-0.3, -0.25) is 4.40 Å². The summed E-state index contributed by atoms with van der Waals surface area (Å²) in [6, 6.07) is 5.91. The Kier molecular flexibility index (Phi) is 3.63. The van der Waals surface area contributed by atoms with Gasteiger partial charge in [0.25, 0.3) is 0 Å². The molecule has 26 heavy (non-hydrogen) atoms. The Morgan fingerprint density at radius 1 is 1.27 bits per heavy atom. The molecular weight excluding hydrogens is 344 g/mol. The van der Waals surface area contributed by atoms with Gasteiger partial charge in [0.1, 0.15) is 17.0 Å². The molecule has 0 aromatic carbocycles. The highest BCUT2D eigenvalue weighted by atomic mass is 32.1. The molecule has 0 fully saturated rings. The SMILES string of the molecule is CC1CCc2c(sc3ncnc(NC(C)c4nnc5ccccn45)c23)C1. The van der Waals surface area contributed by atoms with E-state index in [9.17, 15) is 0 Å². The number of thiophene rings is 1. The number of anilines is 1. The highest BCUT2D eigenvalue weighted by molar-refractivity contribution is 7.19. The van der Waals surface area contributed by atoms with E-state index in [0.29, 0.717) is 0 Å². The number of nitrogens with zero attached hydrogens (tertiary/aromatic N) is 5. The van der Waals surface area contributed by atoms with Crippen molar-refractivity contribution in [3.05, 3.63) is 47.0 Å². The molecule has 4 aromatic heterocycles. The number of hydrogen-bond donors (Lipinski definition) is 1. The van der Waals surface area contributed by atoms with Crippen LogP contribution in [0, 0.1) is 5.92 Å². The van der Waals surface area contributed by atoms with Crippen molar-refractivity contribution in [1.82, 2.24) is 24.6 Å². The molecule has 0 bridgehead atoms. The molecule has 4 aromatic rings. The van der Waals surface area contributed by atoms with Crippen molar-refractivity contribution in [1.29, 1.82) is 0 Å². The van der Waals surface area contributed by atoms with E-state index >= 15 is 0 Å². The van der Waals surface area contributed by atoms with E-state index in [1.54, 1.807) is 6.33 Å². The second-order valence-electron chi connectivity index (χ2n) is 7.11. The van der Waals surface area contributed by atoms with E-state index in [1.165, 1.54) is 22.2 Å². The minimum absolute atomic E-state index is 0.0106. The Morgan fingerprint density at radius 2 is 2.19 bits per heavy atom. The minimum atomic E-state index is -0.0106. The van der Waals surface area contributed by atoms with Crippen molar-refractivity contribution in [2.45, 2.75) is 39.2 Å². The lowest BCUT2D eigenvalue weighted by atomic mass is 9.89. The van der Waals surface area contributed by atoms with Crippen LogP contribution in [0.2, 0.25) is 0 Å². The van der Waals surface area contributed by atoms with Crippen LogP contribution in [0.15, 0.2) is 30.7 Å². The predicted molar refractivity (Wildman–Crippen MR) is 104 cm³/mol. The van der Waals surface area contributed by atoms with Crippen molar-refractivity contribution in [2.24, 2.45) is 5.92 Å². The van der Waals surface area contributed by atoms with Crippen LogP contribution < -0.4 is 5.32 Å². The summed E-state index contributed by atoms with van der Waals surface area (Å²) >= 11 is 1.82. The molecule has 1 N–H and O–H groups in total. The summed E-state index contributed by atoms with van der Waals surface area (Å²) in [7, 11) is 0. The van der Waals surface area contributed by atoms with Gasteiger partial charge >= 0.3 is 0 Å². The van der Waals surface area contributed by atoms with Crippen LogP contribution in [0.1, 0.15) is 42.6 Å². The zero-order valence-electron chi connectivity index (χ0n) is 14.8. The Labute approximate surface area is 155 Å². The average Bonchev–Trinajstić information content (AvgIpc) is 3.22. The van der Waals surface area contributed by atoms with Gasteiger partial charge in [0.15, 0.2) is 11.5 Å². The summed E-state index contributed by atoms with van der Waals surface area (Å²) in [6.45, 7) is 4.43. The molecule has 7 heteroatoms. The maximum atomic E-state index is 4.56. The molecule has 4 heterocycles. The highest BCUT2D eigenvalue weighted by Gasteiger charge is 2.24. The van der Waals surface area contributed by atoms with Gasteiger partial charge in [0.2, 0.25) is 0 Å². The fraction of sp³-hybridized carbons (Fsp3) is 0.368. The van der Waals surface area contributed by atoms with Crippen LogP contribution in [0.25, 0.3) is 15.9 Å². The van der Waals surface area contributed by atoms with Crippen LogP contribution in [-0.2, 0) is 12.8 Å². The maximum absolute atomic E-state index is 4.56. The molecule has 1 aliphatic rings. The zero-order chi connectivity index (χ0) is 17.7. The van der Waals surface area contributed by atoms with E-state index in [-0.39, 0.29) is 6.04 Å². The van der Waals surface area contributed by atoms with Gasteiger partial charge in [0, 0.05) is 11.1 Å². The van der Waals surface area contributed by atoms with Crippen molar-refractivity contribution in [2.75, 3.05) is 5.32 Å². The summed E-state index contributed by atoms with van der Waals surface area (Å²) in [6.07, 6.45) is 7.15. The summed E-state index contributed by atoms with van der Waals surface area (Å²) in [5.74, 6) is 2.54. The molecule has 0 aliphatic heterocycles. The molecule has 0 spiro atoms. The lowest BCUT2D eigenvalue weighted by molar-refractivity contribution is 0.509. The monoisotopic (exact) mass is 364 g/mol. The molecule has 0 saturated carbocycles. The summed E-state index contributed by atoms with van der Waals surface area (Å²) < 4.78 is 2.01. The molecule has 2 unspecified atom stereocenters. The molecule has 132 valence electrons. The molecule has 1 aliphatic carbocycles. The van der Waals surface area contributed by atoms with Gasteiger partial charge in [-0.25, -0.2) is 9.97 Å². The molecule has 0 saturated heterocycles. The molecule has 0 amide bonds. The average molecular weight is 364 g/mol. The number of nitrogens with one attached hydrogen (secondary N) is 1. The fourth-order valence-electron chi connectivity index (χ4n) is 3.81. The molecule has 6 nitrogen and oxygen atoms in total. The van der Waals surface area contributed by atoms with E-state index in [1.807, 2.05) is 40.1 Å². The number of rotatable bonds is 3. The van der Waals surface area contributed by atoms with Gasteiger partial charge in [-0.2, -0.15) is 0 Å². The minimum Gasteiger partial charge on any atom is -0.360 e. The summed E-state index contributed by atoms with van der Waals surface area (Å²) in [5.41, 5.74) is 2.29. The number of aryl methyl sites for hydroxylation is 1. The van der Waals surface area contributed by atoms with E-state index in [2.05, 4.69) is 39.3 Å². The quantitative estimate of drug-likeness (QED) is 0.594. The number of pyridine rings is 1. The van der Waals surface area contributed by atoms with E-state index in [4.69, 9.17) is 0 Å². The number of hydrogen-bond acceptors (Lipinski definition) is 6. The normalized spacial score (nSPS) is 18.2. The smallest absolute Gasteiger partial charge is 0.160 e. The van der Waals surface area contributed by atoms with Gasteiger partial charge < -0.3 is 5.32 Å². The Hall–Kier alpha value is -2.54. The van der Waals surface area contributed by atoms with Gasteiger partial charge in [-0.05, 0) is 49.8 Å². The van der Waals surface area contributed by atoms with Gasteiger partial charge in [-0.15, -0.1) is 21.5 Å². The largest absolute Gasteiger partial charge is 0.360 e. The number of fused-ring (bicyclic) bond motifs is 4. The predicted octanol–water partition coefficient (Wildman–Crippen LogP) is 4.03. The first-order chi connectivity index (χ1) is 12.7. The molecule has 2 atom stereocenters. The third-order valence-corrected chi connectivity index (χ3v) is 6.33. The van der Waals surface area contributed by atoms with Crippen LogP contribution >= 0.6 is 11.3 Å². The van der Waals surface area contributed by atoms with E-state index < -0.39 is 0 Å². The second-order valence-corrected chi connectivity index (χ2v) is 8.19. The van der Waals surface area contributed by atoms with Crippen LogP contribution in [0.5, 0.6) is 0 Å². The van der Waals surface area contributed by atoms with Crippen molar-refractivity contribution in [3.63, 3.8) is 0 Å². The Balaban J connectivity index is 1.55. The van der Waals surface area contributed by atoms with Gasteiger partial charge in [-0.1, -0.05) is 13.0 Å². The van der Waals surface area contributed by atoms with Gasteiger partial charge in [0.05, 0.1) is 11.4 Å². The lowest BCUT2D eigenvalue weighted by Gasteiger charge is -2.19. The first-order valence-electron chi connectivity index (χ1n) is 9.02. The third kappa shape index (κ3) is 2.46. The Morgan fingerprint density at radius 3 is 3.12 bits per heavy atom. The second kappa shape index (κ2) is 6.02. The molecule has 5 rings (SSSR count). The maximum Gasteiger partial charge on any atom is 0.160 e. The van der Waals surface area contributed by atoms with Crippen molar-refractivity contribution < 1.29 is 0 Å². The van der Waals surface area contributed by atoms with Crippen LogP contribution in [0.3, 0.4) is 0 Å².